The van der Waals surface area contributed by atoms with Crippen LogP contribution >= 0.6 is 0 Å². The molecule has 2 aromatic heterocycles. The van der Waals surface area contributed by atoms with Crippen molar-refractivity contribution in [3.8, 4) is 17.1 Å². The van der Waals surface area contributed by atoms with Gasteiger partial charge in [-0.3, -0.25) is 19.4 Å². The first kappa shape index (κ1) is 33.6. The van der Waals surface area contributed by atoms with Crippen LogP contribution in [0.5, 0.6) is 5.75 Å². The molecule has 46 heavy (non-hydrogen) atoms. The average Bonchev–Trinajstić information content (AvgIpc) is 2.98. The minimum Gasteiger partial charge on any atom is -0.482 e. The van der Waals surface area contributed by atoms with Gasteiger partial charge in [-0.05, 0) is 49.7 Å². The Labute approximate surface area is 269 Å². The van der Waals surface area contributed by atoms with Gasteiger partial charge in [0.05, 0.1) is 17.9 Å². The third-order valence-electron chi connectivity index (χ3n) is 10.6. The maximum Gasteiger partial charge on any atom is 0.345 e. The Hall–Kier alpha value is -3.73. The molecule has 1 aliphatic heterocycles. The molecule has 0 bridgehead atoms. The van der Waals surface area contributed by atoms with Crippen LogP contribution in [0.2, 0.25) is 0 Å². The lowest BCUT2D eigenvalue weighted by molar-refractivity contribution is -0.271. The van der Waals surface area contributed by atoms with E-state index in [1.54, 1.807) is 65.2 Å². The second kappa shape index (κ2) is 12.1. The molecule has 11 heteroatoms. The Bertz CT molecular complexity index is 1550. The molecule has 0 saturated heterocycles. The summed E-state index contributed by atoms with van der Waals surface area (Å²) in [5.74, 6) is -2.84. The molecule has 0 radical (unpaired) electrons. The summed E-state index contributed by atoms with van der Waals surface area (Å²) in [5, 5.41) is 12.2. The zero-order valence-electron chi connectivity index (χ0n) is 27.8. The minimum atomic E-state index is -1.35. The summed E-state index contributed by atoms with van der Waals surface area (Å²) in [7, 11) is 0. The normalized spacial score (nSPS) is 33.2. The van der Waals surface area contributed by atoms with E-state index in [1.165, 1.54) is 6.92 Å². The number of pyridine rings is 1. The van der Waals surface area contributed by atoms with E-state index in [0.29, 0.717) is 18.4 Å². The van der Waals surface area contributed by atoms with Gasteiger partial charge >= 0.3 is 23.5 Å². The van der Waals surface area contributed by atoms with Gasteiger partial charge in [-0.1, -0.05) is 41.5 Å². The number of fused-ring (bicyclic) bond motifs is 4. The van der Waals surface area contributed by atoms with Crippen LogP contribution < -0.4 is 10.4 Å². The van der Waals surface area contributed by atoms with Crippen molar-refractivity contribution < 1.29 is 42.9 Å². The molecule has 0 spiro atoms. The number of rotatable bonds is 7. The molecule has 2 fully saturated rings. The predicted octanol–water partition coefficient (Wildman–Crippen LogP) is 5.03. The zero-order chi connectivity index (χ0) is 33.8. The van der Waals surface area contributed by atoms with Crippen molar-refractivity contribution in [2.45, 2.75) is 98.6 Å². The third-order valence-corrected chi connectivity index (χ3v) is 10.6. The summed E-state index contributed by atoms with van der Waals surface area (Å²) in [4.78, 5) is 55.9. The van der Waals surface area contributed by atoms with Gasteiger partial charge < -0.3 is 28.5 Å². The molecule has 3 aliphatic rings. The second-order valence-corrected chi connectivity index (χ2v) is 14.4. The van der Waals surface area contributed by atoms with Crippen molar-refractivity contribution in [3.05, 3.63) is 46.6 Å². The monoisotopic (exact) mass is 639 g/mol. The lowest BCUT2D eigenvalue weighted by atomic mass is 9.42. The van der Waals surface area contributed by atoms with Crippen LogP contribution in [-0.2, 0) is 28.6 Å². The fourth-order valence-electron chi connectivity index (χ4n) is 8.25. The second-order valence-electron chi connectivity index (χ2n) is 14.4. The molecule has 2 aliphatic carbocycles. The van der Waals surface area contributed by atoms with E-state index in [2.05, 4.69) is 4.98 Å². The number of aliphatic hydroxyl groups excluding tert-OH is 1. The fraction of sp³-hybridized carbons (Fsp3) is 0.629. The molecule has 8 atom stereocenters. The highest BCUT2D eigenvalue weighted by Crippen LogP contribution is 2.67. The molecule has 2 unspecified atom stereocenters. The standard InChI is InChI=1S/C35H45NO10/c1-18(2)30(39)42-17-34(7)24-15-26(43-20(5)37)35(8)29(33(24,6)12-11-25(34)45-31(40)19(3)4)28(38)27-23(46-35)14-22(44-32(27)41)21-10-9-13-36-16-21/h9-10,13-14,16,18-19,24-26,28-29,38H,11-12,15,17H2,1-8H3/t24?,25-,26-,28-,29?,33-,34-,35+/m0/s1. The van der Waals surface area contributed by atoms with Gasteiger partial charge in [0, 0.05) is 42.3 Å². The lowest BCUT2D eigenvalue weighted by Crippen LogP contribution is -2.71. The molecule has 0 amide bonds. The van der Waals surface area contributed by atoms with E-state index in [0.717, 1.165) is 0 Å². The lowest BCUT2D eigenvalue weighted by Gasteiger charge is -2.66. The van der Waals surface area contributed by atoms with Crippen LogP contribution in [0.15, 0.2) is 39.8 Å². The topological polar surface area (TPSA) is 151 Å². The van der Waals surface area contributed by atoms with Crippen molar-refractivity contribution >= 4 is 17.9 Å². The number of ether oxygens (including phenoxy) is 4. The van der Waals surface area contributed by atoms with Gasteiger partial charge in [0.15, 0.2) is 0 Å². The van der Waals surface area contributed by atoms with Crippen LogP contribution in [0, 0.1) is 34.5 Å². The molecule has 0 aromatic carbocycles. The number of carbonyl (C=O) groups excluding carboxylic acids is 3. The first-order valence-electron chi connectivity index (χ1n) is 16.0. The molecular formula is C35H45NO10. The highest BCUT2D eigenvalue weighted by atomic mass is 16.6. The average molecular weight is 640 g/mol. The third kappa shape index (κ3) is 5.60. The van der Waals surface area contributed by atoms with Gasteiger partial charge in [0.25, 0.3) is 0 Å². The summed E-state index contributed by atoms with van der Waals surface area (Å²) in [6, 6.07) is 5.02. The van der Waals surface area contributed by atoms with Crippen LogP contribution in [0.3, 0.4) is 0 Å². The number of hydrogen-bond acceptors (Lipinski definition) is 11. The Kier molecular flexibility index (Phi) is 8.87. The summed E-state index contributed by atoms with van der Waals surface area (Å²) in [6.45, 7) is 14.0. The van der Waals surface area contributed by atoms with E-state index in [9.17, 15) is 24.3 Å². The van der Waals surface area contributed by atoms with Gasteiger partial charge in [-0.15, -0.1) is 0 Å². The predicted molar refractivity (Wildman–Crippen MR) is 165 cm³/mol. The minimum absolute atomic E-state index is 0.0140. The number of aromatic nitrogens is 1. The number of carbonyl (C=O) groups is 3. The number of nitrogens with zero attached hydrogens (tertiary/aromatic N) is 1. The van der Waals surface area contributed by atoms with Gasteiger partial charge in [-0.2, -0.15) is 0 Å². The molecule has 1 N–H and O–H groups in total. The van der Waals surface area contributed by atoms with Crippen molar-refractivity contribution in [1.29, 1.82) is 0 Å². The van der Waals surface area contributed by atoms with Crippen molar-refractivity contribution in [1.82, 2.24) is 4.98 Å². The Balaban J connectivity index is 1.64. The van der Waals surface area contributed by atoms with Gasteiger partial charge in [0.2, 0.25) is 0 Å². The molecule has 5 rings (SSSR count). The molecule has 2 saturated carbocycles. The maximum atomic E-state index is 13.5. The first-order chi connectivity index (χ1) is 21.5. The molecule has 2 aromatic rings. The Morgan fingerprint density at radius 1 is 1.07 bits per heavy atom. The van der Waals surface area contributed by atoms with Crippen LogP contribution in [0.25, 0.3) is 11.3 Å². The zero-order valence-corrected chi connectivity index (χ0v) is 27.8. The first-order valence-corrected chi connectivity index (χ1v) is 16.0. The maximum absolute atomic E-state index is 13.5. The van der Waals surface area contributed by atoms with E-state index in [4.69, 9.17) is 23.4 Å². The number of hydrogen-bond donors (Lipinski definition) is 1. The molecule has 3 heterocycles. The summed E-state index contributed by atoms with van der Waals surface area (Å²) < 4.78 is 30.3. The Morgan fingerprint density at radius 3 is 2.37 bits per heavy atom. The van der Waals surface area contributed by atoms with Crippen LogP contribution in [0.1, 0.15) is 86.3 Å². The summed E-state index contributed by atoms with van der Waals surface area (Å²) in [6.07, 6.45) is 1.49. The van der Waals surface area contributed by atoms with E-state index in [1.807, 2.05) is 13.8 Å². The summed E-state index contributed by atoms with van der Waals surface area (Å²) >= 11 is 0. The van der Waals surface area contributed by atoms with E-state index < -0.39 is 64.1 Å². The molecular weight excluding hydrogens is 594 g/mol. The van der Waals surface area contributed by atoms with Crippen molar-refractivity contribution in [3.63, 3.8) is 0 Å². The molecule has 250 valence electrons. The van der Waals surface area contributed by atoms with Gasteiger partial charge in [0.1, 0.15) is 41.5 Å². The van der Waals surface area contributed by atoms with Gasteiger partial charge in [-0.25, -0.2) is 4.79 Å². The SMILES string of the molecule is CC(=O)O[C@H]1CC2[C@](C)(CC[C@H](OC(=O)C(C)C)[C@@]2(C)COC(=O)C(C)C)C2[C@@H](O)c3c(cc(-c4cccnc4)oc3=O)O[C@@]21C. The Morgan fingerprint density at radius 2 is 1.76 bits per heavy atom. The quantitative estimate of drug-likeness (QED) is 0.321. The highest BCUT2D eigenvalue weighted by molar-refractivity contribution is 5.72. The van der Waals surface area contributed by atoms with E-state index >= 15 is 0 Å². The highest BCUT2D eigenvalue weighted by Gasteiger charge is 2.71. The smallest absolute Gasteiger partial charge is 0.345 e. The van der Waals surface area contributed by atoms with E-state index in [-0.39, 0.29) is 47.9 Å². The number of aliphatic hydroxyl groups is 1. The molecule has 11 nitrogen and oxygen atoms in total. The van der Waals surface area contributed by atoms with Crippen LogP contribution in [-0.4, -0.2) is 52.4 Å². The van der Waals surface area contributed by atoms with Crippen molar-refractivity contribution in [2.24, 2.45) is 34.5 Å². The van der Waals surface area contributed by atoms with Crippen molar-refractivity contribution in [2.75, 3.05) is 6.61 Å². The fourth-order valence-corrected chi connectivity index (χ4v) is 8.25. The summed E-state index contributed by atoms with van der Waals surface area (Å²) in [5.41, 5.74) is -3.15. The van der Waals surface area contributed by atoms with Crippen LogP contribution in [0.4, 0.5) is 0 Å². The largest absolute Gasteiger partial charge is 0.482 e. The number of esters is 3.